The van der Waals surface area contributed by atoms with Gasteiger partial charge in [-0.2, -0.15) is 0 Å². The normalized spacial score (nSPS) is 13.2. The number of hydrogen-bond acceptors (Lipinski definition) is 2. The standard InChI is InChI=1S/C10H21NO2/c1-4-5-6-7-8-9(10(12)13)11(2)3/h9H,4-8H2,1-3H3,(H,12,13). The van der Waals surface area contributed by atoms with Crippen molar-refractivity contribution in [2.45, 2.75) is 45.1 Å². The first-order valence-electron chi connectivity index (χ1n) is 4.98. The van der Waals surface area contributed by atoms with Crippen LogP contribution in [0.25, 0.3) is 0 Å². The van der Waals surface area contributed by atoms with Crippen LogP contribution in [0.2, 0.25) is 0 Å². The summed E-state index contributed by atoms with van der Waals surface area (Å²) in [6, 6.07) is -0.308. The lowest BCUT2D eigenvalue weighted by atomic mass is 10.1. The van der Waals surface area contributed by atoms with Crippen molar-refractivity contribution in [1.29, 1.82) is 0 Å². The summed E-state index contributed by atoms with van der Waals surface area (Å²) in [5, 5.41) is 8.86. The second-order valence-electron chi connectivity index (χ2n) is 3.67. The Bertz CT molecular complexity index is 146. The second-order valence-corrected chi connectivity index (χ2v) is 3.67. The lowest BCUT2D eigenvalue weighted by molar-refractivity contribution is -0.142. The molecule has 0 rings (SSSR count). The Kier molecular flexibility index (Phi) is 6.59. The van der Waals surface area contributed by atoms with Gasteiger partial charge in [-0.25, -0.2) is 0 Å². The Labute approximate surface area is 80.7 Å². The molecular formula is C10H21NO2. The van der Waals surface area contributed by atoms with E-state index >= 15 is 0 Å². The van der Waals surface area contributed by atoms with Gasteiger partial charge in [0.2, 0.25) is 0 Å². The molecule has 0 heterocycles. The number of hydrogen-bond donors (Lipinski definition) is 1. The van der Waals surface area contributed by atoms with Gasteiger partial charge in [0.05, 0.1) is 0 Å². The van der Waals surface area contributed by atoms with E-state index in [1.807, 2.05) is 14.1 Å². The first kappa shape index (κ1) is 12.4. The molecule has 3 heteroatoms. The zero-order chi connectivity index (χ0) is 10.3. The van der Waals surface area contributed by atoms with Gasteiger partial charge in [-0.3, -0.25) is 9.69 Å². The van der Waals surface area contributed by atoms with Crippen molar-refractivity contribution in [1.82, 2.24) is 4.90 Å². The number of carbonyl (C=O) groups is 1. The molecule has 0 saturated heterocycles. The van der Waals surface area contributed by atoms with Crippen LogP contribution >= 0.6 is 0 Å². The number of carboxylic acids is 1. The number of rotatable bonds is 7. The maximum Gasteiger partial charge on any atom is 0.320 e. The van der Waals surface area contributed by atoms with Gasteiger partial charge in [-0.05, 0) is 20.5 Å². The Hall–Kier alpha value is -0.570. The third-order valence-electron chi connectivity index (χ3n) is 2.24. The number of aliphatic carboxylic acids is 1. The van der Waals surface area contributed by atoms with Crippen molar-refractivity contribution in [2.24, 2.45) is 0 Å². The molecule has 13 heavy (non-hydrogen) atoms. The SMILES string of the molecule is CCCCCCC(C(=O)O)N(C)C. The molecule has 0 aliphatic rings. The van der Waals surface area contributed by atoms with E-state index in [9.17, 15) is 4.79 Å². The third kappa shape index (κ3) is 5.64. The van der Waals surface area contributed by atoms with Gasteiger partial charge in [0.15, 0.2) is 0 Å². The molecule has 0 aliphatic carbocycles. The van der Waals surface area contributed by atoms with Crippen molar-refractivity contribution in [3.05, 3.63) is 0 Å². The van der Waals surface area contributed by atoms with Gasteiger partial charge in [-0.15, -0.1) is 0 Å². The van der Waals surface area contributed by atoms with Crippen LogP contribution in [0, 0.1) is 0 Å². The summed E-state index contributed by atoms with van der Waals surface area (Å²) in [7, 11) is 3.64. The molecule has 1 N–H and O–H groups in total. The van der Waals surface area contributed by atoms with Crippen LogP contribution < -0.4 is 0 Å². The van der Waals surface area contributed by atoms with Crippen molar-refractivity contribution < 1.29 is 9.90 Å². The smallest absolute Gasteiger partial charge is 0.320 e. The zero-order valence-electron chi connectivity index (χ0n) is 8.92. The average Bonchev–Trinajstić information content (AvgIpc) is 2.02. The van der Waals surface area contributed by atoms with Crippen molar-refractivity contribution in [3.63, 3.8) is 0 Å². The fourth-order valence-corrected chi connectivity index (χ4v) is 1.37. The van der Waals surface area contributed by atoms with Crippen molar-refractivity contribution in [2.75, 3.05) is 14.1 Å². The van der Waals surface area contributed by atoms with Gasteiger partial charge >= 0.3 is 5.97 Å². The number of nitrogens with zero attached hydrogens (tertiary/aromatic N) is 1. The molecule has 1 atom stereocenters. The predicted molar refractivity (Wildman–Crippen MR) is 53.9 cm³/mol. The highest BCUT2D eigenvalue weighted by Gasteiger charge is 2.18. The van der Waals surface area contributed by atoms with E-state index in [-0.39, 0.29) is 6.04 Å². The summed E-state index contributed by atoms with van der Waals surface area (Å²) >= 11 is 0. The Balaban J connectivity index is 3.64. The number of unbranched alkanes of at least 4 members (excludes halogenated alkanes) is 3. The third-order valence-corrected chi connectivity index (χ3v) is 2.24. The molecule has 3 nitrogen and oxygen atoms in total. The van der Waals surface area contributed by atoms with Gasteiger partial charge < -0.3 is 5.11 Å². The first-order valence-corrected chi connectivity index (χ1v) is 4.98. The van der Waals surface area contributed by atoms with Crippen LogP contribution in [0.3, 0.4) is 0 Å². The maximum atomic E-state index is 10.8. The van der Waals surface area contributed by atoms with Gasteiger partial charge in [0, 0.05) is 0 Å². The summed E-state index contributed by atoms with van der Waals surface area (Å²) in [6.45, 7) is 2.15. The lowest BCUT2D eigenvalue weighted by Gasteiger charge is -2.19. The largest absolute Gasteiger partial charge is 0.480 e. The summed E-state index contributed by atoms with van der Waals surface area (Å²) < 4.78 is 0. The highest BCUT2D eigenvalue weighted by molar-refractivity contribution is 5.73. The molecule has 0 aliphatic heterocycles. The van der Waals surface area contributed by atoms with Crippen LogP contribution in [0.5, 0.6) is 0 Å². The fraction of sp³-hybridized carbons (Fsp3) is 0.900. The van der Waals surface area contributed by atoms with Crippen LogP contribution in [-0.4, -0.2) is 36.1 Å². The molecule has 0 saturated carbocycles. The highest BCUT2D eigenvalue weighted by atomic mass is 16.4. The molecule has 0 fully saturated rings. The Morgan fingerprint density at radius 3 is 2.31 bits per heavy atom. The van der Waals surface area contributed by atoms with Crippen molar-refractivity contribution in [3.8, 4) is 0 Å². The summed E-state index contributed by atoms with van der Waals surface area (Å²) in [6.07, 6.45) is 5.33. The molecule has 0 aromatic carbocycles. The molecule has 0 spiro atoms. The van der Waals surface area contributed by atoms with Gasteiger partial charge in [0.25, 0.3) is 0 Å². The minimum atomic E-state index is -0.707. The quantitative estimate of drug-likeness (QED) is 0.619. The van der Waals surface area contributed by atoms with E-state index in [4.69, 9.17) is 5.11 Å². The van der Waals surface area contributed by atoms with Gasteiger partial charge in [0.1, 0.15) is 6.04 Å². The van der Waals surface area contributed by atoms with Crippen LogP contribution in [0.1, 0.15) is 39.0 Å². The highest BCUT2D eigenvalue weighted by Crippen LogP contribution is 2.08. The van der Waals surface area contributed by atoms with E-state index in [1.54, 1.807) is 4.90 Å². The van der Waals surface area contributed by atoms with E-state index in [0.717, 1.165) is 19.3 Å². The fourth-order valence-electron chi connectivity index (χ4n) is 1.37. The maximum absolute atomic E-state index is 10.8. The first-order chi connectivity index (χ1) is 6.09. The molecule has 78 valence electrons. The van der Waals surface area contributed by atoms with E-state index in [1.165, 1.54) is 12.8 Å². The van der Waals surface area contributed by atoms with E-state index < -0.39 is 5.97 Å². The topological polar surface area (TPSA) is 40.5 Å². The molecule has 1 unspecified atom stereocenters. The minimum Gasteiger partial charge on any atom is -0.480 e. The molecule has 0 bridgehead atoms. The van der Waals surface area contributed by atoms with Crippen molar-refractivity contribution >= 4 is 5.97 Å². The predicted octanol–water partition coefficient (Wildman–Crippen LogP) is 1.97. The monoisotopic (exact) mass is 187 g/mol. The molecule has 0 amide bonds. The minimum absolute atomic E-state index is 0.308. The Morgan fingerprint density at radius 1 is 1.31 bits per heavy atom. The molecule has 0 aromatic rings. The summed E-state index contributed by atoms with van der Waals surface area (Å²) in [4.78, 5) is 12.5. The van der Waals surface area contributed by atoms with Crippen LogP contribution in [-0.2, 0) is 4.79 Å². The molecule has 0 aromatic heterocycles. The van der Waals surface area contributed by atoms with Crippen LogP contribution in [0.4, 0.5) is 0 Å². The zero-order valence-corrected chi connectivity index (χ0v) is 8.92. The number of carboxylic acid groups (broad SMARTS) is 1. The average molecular weight is 187 g/mol. The molecular weight excluding hydrogens is 166 g/mol. The number of likely N-dealkylation sites (N-methyl/N-ethyl adjacent to an activating group) is 1. The van der Waals surface area contributed by atoms with E-state index in [0.29, 0.717) is 0 Å². The van der Waals surface area contributed by atoms with Crippen LogP contribution in [0.15, 0.2) is 0 Å². The molecule has 0 radical (unpaired) electrons. The summed E-state index contributed by atoms with van der Waals surface area (Å²) in [5.74, 6) is -0.707. The lowest BCUT2D eigenvalue weighted by Crippen LogP contribution is -2.35. The van der Waals surface area contributed by atoms with E-state index in [2.05, 4.69) is 6.92 Å². The summed E-state index contributed by atoms with van der Waals surface area (Å²) in [5.41, 5.74) is 0. The second kappa shape index (κ2) is 6.89. The Morgan fingerprint density at radius 2 is 1.92 bits per heavy atom. The van der Waals surface area contributed by atoms with Gasteiger partial charge in [-0.1, -0.05) is 32.6 Å².